The summed E-state index contributed by atoms with van der Waals surface area (Å²) in [5.41, 5.74) is -0.597. The lowest BCUT2D eigenvalue weighted by Gasteiger charge is -2.28. The predicted octanol–water partition coefficient (Wildman–Crippen LogP) is 5.05. The second-order valence-corrected chi connectivity index (χ2v) is 10.3. The molecule has 14 heteroatoms. The molecule has 1 aliphatic rings. The van der Waals surface area contributed by atoms with Crippen LogP contribution in [0.25, 0.3) is 0 Å². The zero-order valence-corrected chi connectivity index (χ0v) is 22.4. The molecule has 0 saturated carbocycles. The van der Waals surface area contributed by atoms with Gasteiger partial charge in [-0.05, 0) is 56.9 Å². The van der Waals surface area contributed by atoms with Crippen molar-refractivity contribution in [3.05, 3.63) is 59.7 Å². The Hall–Kier alpha value is -3.97. The van der Waals surface area contributed by atoms with Crippen LogP contribution < -0.4 is 20.3 Å². The zero-order chi connectivity index (χ0) is 30.6. The minimum atomic E-state index is -5.05. The number of aryl methyl sites for hydroxylation is 1. The number of amides is 3. The third-order valence-corrected chi connectivity index (χ3v) is 5.83. The number of rotatable bonds is 7. The van der Waals surface area contributed by atoms with Crippen LogP contribution in [-0.4, -0.2) is 54.7 Å². The van der Waals surface area contributed by atoms with Gasteiger partial charge in [0.15, 0.2) is 0 Å². The third-order valence-electron chi connectivity index (χ3n) is 5.83. The van der Waals surface area contributed by atoms with E-state index in [9.17, 15) is 40.7 Å². The minimum Gasteiger partial charge on any atom is -0.444 e. The van der Waals surface area contributed by atoms with Crippen molar-refractivity contribution >= 4 is 23.6 Å². The maximum atomic E-state index is 13.4. The molecule has 0 aliphatic carbocycles. The topological polar surface area (TPSA) is 97.0 Å². The van der Waals surface area contributed by atoms with Crippen LogP contribution in [0.2, 0.25) is 0 Å². The Bertz CT molecular complexity index is 1260. The highest BCUT2D eigenvalue weighted by atomic mass is 19.4. The summed E-state index contributed by atoms with van der Waals surface area (Å²) in [6.07, 6.45) is -11.3. The van der Waals surface area contributed by atoms with Gasteiger partial charge in [-0.2, -0.15) is 13.2 Å². The fraction of sp³-hybridized carbons (Fsp3) is 0.444. The van der Waals surface area contributed by atoms with Crippen LogP contribution in [-0.2, 0) is 27.2 Å². The van der Waals surface area contributed by atoms with E-state index in [1.165, 1.54) is 30.3 Å². The number of nitrogens with one attached hydrogen (secondary N) is 2. The molecule has 0 fully saturated rings. The number of hydrogen-bond donors (Lipinski definition) is 2. The van der Waals surface area contributed by atoms with Crippen molar-refractivity contribution in [2.45, 2.75) is 70.3 Å². The number of alkyl halides is 6. The van der Waals surface area contributed by atoms with Gasteiger partial charge in [-0.1, -0.05) is 36.4 Å². The molecule has 0 unspecified atom stereocenters. The van der Waals surface area contributed by atoms with Crippen LogP contribution >= 0.6 is 0 Å². The van der Waals surface area contributed by atoms with E-state index >= 15 is 0 Å². The molecular formula is C27H29F6N3O5. The van der Waals surface area contributed by atoms with Crippen LogP contribution in [0.3, 0.4) is 0 Å². The minimum absolute atomic E-state index is 0.0493. The van der Waals surface area contributed by atoms with Crippen molar-refractivity contribution in [1.29, 1.82) is 0 Å². The molecule has 0 aromatic heterocycles. The number of fused-ring (bicyclic) bond motifs is 1. The first-order valence-corrected chi connectivity index (χ1v) is 12.5. The molecule has 2 aromatic carbocycles. The molecule has 3 amide bonds. The fourth-order valence-electron chi connectivity index (χ4n) is 4.24. The van der Waals surface area contributed by atoms with Gasteiger partial charge in [0.2, 0.25) is 11.8 Å². The summed E-state index contributed by atoms with van der Waals surface area (Å²) < 4.78 is 88.3. The highest BCUT2D eigenvalue weighted by Gasteiger charge is 2.40. The normalized spacial score (nSPS) is 16.8. The molecule has 2 atom stereocenters. The van der Waals surface area contributed by atoms with E-state index in [-0.39, 0.29) is 24.1 Å². The molecule has 0 radical (unpaired) electrons. The quantitative estimate of drug-likeness (QED) is 0.441. The Morgan fingerprint density at radius 3 is 2.27 bits per heavy atom. The Morgan fingerprint density at radius 2 is 1.63 bits per heavy atom. The van der Waals surface area contributed by atoms with Gasteiger partial charge >= 0.3 is 18.6 Å². The molecular weight excluding hydrogens is 560 g/mol. The molecule has 0 spiro atoms. The summed E-state index contributed by atoms with van der Waals surface area (Å²) in [7, 11) is 0. The molecule has 1 aliphatic heterocycles. The van der Waals surface area contributed by atoms with Crippen LogP contribution in [0, 0.1) is 0 Å². The Kier molecular flexibility index (Phi) is 9.44. The van der Waals surface area contributed by atoms with Crippen LogP contribution in [0.15, 0.2) is 48.5 Å². The summed E-state index contributed by atoms with van der Waals surface area (Å²) in [5.74, 6) is -2.67. The molecule has 8 nitrogen and oxygen atoms in total. The Morgan fingerprint density at radius 1 is 1.00 bits per heavy atom. The van der Waals surface area contributed by atoms with Gasteiger partial charge in [-0.15, -0.1) is 13.2 Å². The summed E-state index contributed by atoms with van der Waals surface area (Å²) >= 11 is 0. The Balaban J connectivity index is 1.90. The molecule has 224 valence electrons. The van der Waals surface area contributed by atoms with E-state index in [0.717, 1.165) is 6.07 Å². The van der Waals surface area contributed by atoms with Crippen molar-refractivity contribution in [3.63, 3.8) is 0 Å². The second kappa shape index (κ2) is 12.3. The number of hydrogen-bond acceptors (Lipinski definition) is 5. The van der Waals surface area contributed by atoms with Crippen molar-refractivity contribution < 1.29 is 50.2 Å². The van der Waals surface area contributed by atoms with E-state index in [4.69, 9.17) is 4.74 Å². The van der Waals surface area contributed by atoms with E-state index in [1.54, 1.807) is 32.9 Å². The van der Waals surface area contributed by atoms with Crippen LogP contribution in [0.5, 0.6) is 5.75 Å². The summed E-state index contributed by atoms with van der Waals surface area (Å²) in [6, 6.07) is 7.95. The van der Waals surface area contributed by atoms with Gasteiger partial charge in [-0.25, -0.2) is 4.79 Å². The van der Waals surface area contributed by atoms with Gasteiger partial charge in [0.1, 0.15) is 30.0 Å². The highest BCUT2D eigenvalue weighted by Crippen LogP contribution is 2.31. The molecule has 0 saturated heterocycles. The van der Waals surface area contributed by atoms with Gasteiger partial charge < -0.3 is 25.0 Å². The average Bonchev–Trinajstić information content (AvgIpc) is 2.94. The maximum absolute atomic E-state index is 13.4. The van der Waals surface area contributed by atoms with Crippen LogP contribution in [0.4, 0.5) is 36.8 Å². The van der Waals surface area contributed by atoms with Crippen molar-refractivity contribution in [2.75, 3.05) is 11.4 Å². The van der Waals surface area contributed by atoms with E-state index in [2.05, 4.69) is 15.4 Å². The maximum Gasteiger partial charge on any atom is 0.573 e. The number of carbonyl (C=O) groups excluding carboxylic acids is 3. The second-order valence-electron chi connectivity index (χ2n) is 10.3. The van der Waals surface area contributed by atoms with Crippen molar-refractivity contribution in [1.82, 2.24) is 10.6 Å². The molecule has 0 bridgehead atoms. The standard InChI is InChI=1S/C27H29F6N3O5/c1-25(2,3)41-24(39)35-19(14-17-9-5-7-11-21(17)40-27(31,32)33)22(37)34-18-13-12-16-8-4-6-10-20(16)36(23(18)38)15-26(28,29)30/h4-11,18-19H,12-15H2,1-3H3,(H,34,37)(H,35,39)/t18-,19-/m1/s1. The lowest BCUT2D eigenvalue weighted by atomic mass is 10.0. The summed E-state index contributed by atoms with van der Waals surface area (Å²) in [5, 5.41) is 4.67. The number of para-hydroxylation sites is 2. The lowest BCUT2D eigenvalue weighted by Crippen LogP contribution is -2.56. The van der Waals surface area contributed by atoms with Crippen molar-refractivity contribution in [2.24, 2.45) is 0 Å². The number of alkyl carbamates (subject to hydrolysis) is 1. The van der Waals surface area contributed by atoms with Crippen LogP contribution in [0.1, 0.15) is 38.3 Å². The van der Waals surface area contributed by atoms with E-state index in [1.807, 2.05) is 0 Å². The fourth-order valence-corrected chi connectivity index (χ4v) is 4.24. The van der Waals surface area contributed by atoms with Crippen molar-refractivity contribution in [3.8, 4) is 5.75 Å². The third kappa shape index (κ3) is 9.57. The molecule has 2 N–H and O–H groups in total. The zero-order valence-electron chi connectivity index (χ0n) is 22.4. The number of nitrogens with zero attached hydrogens (tertiary/aromatic N) is 1. The number of ether oxygens (including phenoxy) is 2. The lowest BCUT2D eigenvalue weighted by molar-refractivity contribution is -0.274. The molecule has 1 heterocycles. The van der Waals surface area contributed by atoms with Gasteiger partial charge in [-0.3, -0.25) is 9.59 Å². The predicted molar refractivity (Wildman–Crippen MR) is 135 cm³/mol. The van der Waals surface area contributed by atoms with Gasteiger partial charge in [0.25, 0.3) is 0 Å². The molecule has 41 heavy (non-hydrogen) atoms. The van der Waals surface area contributed by atoms with E-state index in [0.29, 0.717) is 10.5 Å². The molecule has 3 rings (SSSR count). The average molecular weight is 590 g/mol. The number of anilines is 1. The van der Waals surface area contributed by atoms with Gasteiger partial charge in [0, 0.05) is 12.1 Å². The number of benzene rings is 2. The van der Waals surface area contributed by atoms with E-state index < -0.39 is 66.8 Å². The highest BCUT2D eigenvalue weighted by molar-refractivity contribution is 6.01. The number of halogens is 6. The van der Waals surface area contributed by atoms with Gasteiger partial charge in [0.05, 0.1) is 0 Å². The Labute approximate surface area is 232 Å². The first kappa shape index (κ1) is 31.6. The first-order chi connectivity index (χ1) is 18.9. The number of carbonyl (C=O) groups is 3. The first-order valence-electron chi connectivity index (χ1n) is 12.5. The summed E-state index contributed by atoms with van der Waals surface area (Å²) in [6.45, 7) is 3.04. The summed E-state index contributed by atoms with van der Waals surface area (Å²) in [4.78, 5) is 39.7. The SMILES string of the molecule is CC(C)(C)OC(=O)N[C@H](Cc1ccccc1OC(F)(F)F)C(=O)N[C@@H]1CCc2ccccc2N(CC(F)(F)F)C1=O. The smallest absolute Gasteiger partial charge is 0.444 e. The largest absolute Gasteiger partial charge is 0.573 e. The molecule has 2 aromatic rings. The monoisotopic (exact) mass is 589 g/mol.